The van der Waals surface area contributed by atoms with E-state index in [2.05, 4.69) is 0 Å². The molecule has 0 heterocycles. The molecule has 0 bridgehead atoms. The predicted molar refractivity (Wildman–Crippen MR) is 76.3 cm³/mol. The number of hydrogen-bond acceptors (Lipinski definition) is 1. The summed E-state index contributed by atoms with van der Waals surface area (Å²) in [5, 5.41) is 0.448. The summed E-state index contributed by atoms with van der Waals surface area (Å²) in [5.41, 5.74) is 0.213. The molecule has 0 amide bonds. The molecule has 0 aliphatic heterocycles. The van der Waals surface area contributed by atoms with Crippen LogP contribution in [0, 0.1) is 0 Å². The molecule has 0 saturated carbocycles. The van der Waals surface area contributed by atoms with Gasteiger partial charge in [-0.15, -0.1) is 0 Å². The SMILES string of the molecule is O=C(/C=C/c1ccc(C(F)(F)F)cc1)c1cccc(Cl)c1. The molecule has 1 nitrogen and oxygen atoms in total. The molecule has 0 saturated heterocycles. The highest BCUT2D eigenvalue weighted by molar-refractivity contribution is 6.31. The lowest BCUT2D eigenvalue weighted by molar-refractivity contribution is -0.137. The van der Waals surface area contributed by atoms with Gasteiger partial charge in [0.25, 0.3) is 0 Å². The number of halogens is 4. The van der Waals surface area contributed by atoms with Crippen molar-refractivity contribution >= 4 is 23.5 Å². The van der Waals surface area contributed by atoms with Crippen molar-refractivity contribution in [1.29, 1.82) is 0 Å². The maximum Gasteiger partial charge on any atom is 0.416 e. The Morgan fingerprint density at radius 1 is 1.05 bits per heavy atom. The van der Waals surface area contributed by atoms with Gasteiger partial charge in [0.2, 0.25) is 0 Å². The molecule has 0 aliphatic rings. The Bertz CT molecular complexity index is 673. The van der Waals surface area contributed by atoms with Crippen LogP contribution in [0.25, 0.3) is 6.08 Å². The molecule has 0 N–H and O–H groups in total. The second kappa shape index (κ2) is 6.14. The molecule has 0 fully saturated rings. The molecule has 0 spiro atoms. The molecular weight excluding hydrogens is 301 g/mol. The summed E-state index contributed by atoms with van der Waals surface area (Å²) in [4.78, 5) is 11.9. The molecule has 0 radical (unpaired) electrons. The first-order chi connectivity index (χ1) is 9.86. The van der Waals surface area contributed by atoms with Crippen molar-refractivity contribution in [2.24, 2.45) is 0 Å². The third kappa shape index (κ3) is 4.20. The Balaban J connectivity index is 2.12. The van der Waals surface area contributed by atoms with Crippen molar-refractivity contribution in [3.05, 3.63) is 76.3 Å². The van der Waals surface area contributed by atoms with E-state index >= 15 is 0 Å². The van der Waals surface area contributed by atoms with Gasteiger partial charge in [0.05, 0.1) is 5.56 Å². The summed E-state index contributed by atoms with van der Waals surface area (Å²) in [7, 11) is 0. The normalized spacial score (nSPS) is 11.8. The average molecular weight is 311 g/mol. The van der Waals surface area contributed by atoms with Crippen molar-refractivity contribution in [3.8, 4) is 0 Å². The van der Waals surface area contributed by atoms with Crippen LogP contribution in [0.2, 0.25) is 5.02 Å². The maximum absolute atomic E-state index is 12.4. The quantitative estimate of drug-likeness (QED) is 0.558. The lowest BCUT2D eigenvalue weighted by Crippen LogP contribution is -2.04. The van der Waals surface area contributed by atoms with Crippen LogP contribution in [-0.2, 0) is 6.18 Å². The number of allylic oxidation sites excluding steroid dienone is 1. The zero-order valence-electron chi connectivity index (χ0n) is 10.7. The maximum atomic E-state index is 12.4. The van der Waals surface area contributed by atoms with E-state index in [0.717, 1.165) is 12.1 Å². The lowest BCUT2D eigenvalue weighted by atomic mass is 10.1. The minimum absolute atomic E-state index is 0.266. The number of alkyl halides is 3. The first-order valence-electron chi connectivity index (χ1n) is 6.01. The topological polar surface area (TPSA) is 17.1 Å². The highest BCUT2D eigenvalue weighted by Crippen LogP contribution is 2.29. The molecule has 0 unspecified atom stereocenters. The smallest absolute Gasteiger partial charge is 0.289 e. The van der Waals surface area contributed by atoms with Crippen LogP contribution in [0.4, 0.5) is 13.2 Å². The van der Waals surface area contributed by atoms with Crippen molar-refractivity contribution in [3.63, 3.8) is 0 Å². The molecule has 2 rings (SSSR count). The lowest BCUT2D eigenvalue weighted by Gasteiger charge is -2.05. The van der Waals surface area contributed by atoms with Crippen LogP contribution >= 0.6 is 11.6 Å². The van der Waals surface area contributed by atoms with Gasteiger partial charge >= 0.3 is 6.18 Å². The van der Waals surface area contributed by atoms with Crippen molar-refractivity contribution in [2.45, 2.75) is 6.18 Å². The molecule has 2 aromatic rings. The molecule has 108 valence electrons. The van der Waals surface area contributed by atoms with Gasteiger partial charge in [-0.2, -0.15) is 13.2 Å². The Hall–Kier alpha value is -2.07. The van der Waals surface area contributed by atoms with E-state index in [1.807, 2.05) is 0 Å². The Labute approximate surface area is 124 Å². The number of hydrogen-bond donors (Lipinski definition) is 0. The summed E-state index contributed by atoms with van der Waals surface area (Å²) in [5.74, 6) is -0.266. The van der Waals surface area contributed by atoms with Gasteiger partial charge in [0.15, 0.2) is 5.78 Å². The fourth-order valence-corrected chi connectivity index (χ4v) is 1.88. The number of carbonyl (C=O) groups is 1. The van der Waals surface area contributed by atoms with Gasteiger partial charge in [0.1, 0.15) is 0 Å². The number of rotatable bonds is 3. The van der Waals surface area contributed by atoms with E-state index in [9.17, 15) is 18.0 Å². The predicted octanol–water partition coefficient (Wildman–Crippen LogP) is 5.25. The summed E-state index contributed by atoms with van der Waals surface area (Å²) in [6, 6.07) is 11.0. The van der Waals surface area contributed by atoms with E-state index < -0.39 is 11.7 Å². The summed E-state index contributed by atoms with van der Waals surface area (Å²) in [6.07, 6.45) is -1.60. The van der Waals surface area contributed by atoms with Gasteiger partial charge in [0, 0.05) is 10.6 Å². The number of benzene rings is 2. The summed E-state index contributed by atoms with van der Waals surface area (Å²) < 4.78 is 37.2. The summed E-state index contributed by atoms with van der Waals surface area (Å²) in [6.45, 7) is 0. The van der Waals surface area contributed by atoms with Crippen molar-refractivity contribution < 1.29 is 18.0 Å². The van der Waals surface area contributed by atoms with Gasteiger partial charge in [-0.3, -0.25) is 4.79 Å². The third-order valence-electron chi connectivity index (χ3n) is 2.77. The zero-order chi connectivity index (χ0) is 15.5. The molecule has 21 heavy (non-hydrogen) atoms. The van der Waals surface area contributed by atoms with Crippen molar-refractivity contribution in [1.82, 2.24) is 0 Å². The molecule has 2 aromatic carbocycles. The second-order valence-electron chi connectivity index (χ2n) is 4.33. The average Bonchev–Trinajstić information content (AvgIpc) is 2.44. The van der Waals surface area contributed by atoms with Crippen LogP contribution in [0.1, 0.15) is 21.5 Å². The van der Waals surface area contributed by atoms with Crippen LogP contribution in [0.5, 0.6) is 0 Å². The minimum atomic E-state index is -4.36. The summed E-state index contributed by atoms with van der Waals surface area (Å²) >= 11 is 5.78. The number of carbonyl (C=O) groups excluding carboxylic acids is 1. The van der Waals surface area contributed by atoms with Gasteiger partial charge in [-0.25, -0.2) is 0 Å². The first-order valence-corrected chi connectivity index (χ1v) is 6.39. The van der Waals surface area contributed by atoms with E-state index in [1.165, 1.54) is 30.4 Å². The molecule has 5 heteroatoms. The highest BCUT2D eigenvalue weighted by atomic mass is 35.5. The van der Waals surface area contributed by atoms with Crippen LogP contribution in [-0.4, -0.2) is 5.78 Å². The van der Waals surface area contributed by atoms with E-state index in [1.54, 1.807) is 18.2 Å². The van der Waals surface area contributed by atoms with Crippen LogP contribution in [0.3, 0.4) is 0 Å². The molecule has 0 aromatic heterocycles. The fraction of sp³-hybridized carbons (Fsp3) is 0.0625. The van der Waals surface area contributed by atoms with Gasteiger partial charge in [-0.05, 0) is 35.9 Å². The molecule has 0 atom stereocenters. The van der Waals surface area contributed by atoms with Crippen molar-refractivity contribution in [2.75, 3.05) is 0 Å². The van der Waals surface area contributed by atoms with E-state index in [-0.39, 0.29) is 5.78 Å². The number of ketones is 1. The Kier molecular flexibility index (Phi) is 4.48. The van der Waals surface area contributed by atoms with E-state index in [4.69, 9.17) is 11.6 Å². The van der Waals surface area contributed by atoms with Crippen LogP contribution in [0.15, 0.2) is 54.6 Å². The minimum Gasteiger partial charge on any atom is -0.289 e. The Morgan fingerprint density at radius 3 is 2.29 bits per heavy atom. The second-order valence-corrected chi connectivity index (χ2v) is 4.76. The third-order valence-corrected chi connectivity index (χ3v) is 3.01. The largest absolute Gasteiger partial charge is 0.416 e. The zero-order valence-corrected chi connectivity index (χ0v) is 11.4. The monoisotopic (exact) mass is 310 g/mol. The molecule has 0 aliphatic carbocycles. The molecular formula is C16H10ClF3O. The standard InChI is InChI=1S/C16H10ClF3O/c17-14-3-1-2-12(10-14)15(21)9-6-11-4-7-13(8-5-11)16(18,19)20/h1-10H/b9-6+. The highest BCUT2D eigenvalue weighted by Gasteiger charge is 2.29. The van der Waals surface area contributed by atoms with Gasteiger partial charge < -0.3 is 0 Å². The first kappa shape index (κ1) is 15.3. The van der Waals surface area contributed by atoms with Crippen LogP contribution < -0.4 is 0 Å². The van der Waals surface area contributed by atoms with E-state index in [0.29, 0.717) is 16.1 Å². The fourth-order valence-electron chi connectivity index (χ4n) is 1.69. The Morgan fingerprint density at radius 2 is 1.71 bits per heavy atom. The van der Waals surface area contributed by atoms with Gasteiger partial charge in [-0.1, -0.05) is 41.9 Å².